The quantitative estimate of drug-likeness (QED) is 0.143. The van der Waals surface area contributed by atoms with Crippen LogP contribution in [0.15, 0.2) is 82.5 Å². The van der Waals surface area contributed by atoms with Crippen molar-refractivity contribution in [2.45, 2.75) is 32.8 Å². The van der Waals surface area contributed by atoms with Crippen LogP contribution in [0.1, 0.15) is 30.9 Å². The number of nitrogens with zero attached hydrogens (tertiary/aromatic N) is 3. The minimum atomic E-state index is -0.372. The number of aryl methyl sites for hydroxylation is 1. The monoisotopic (exact) mass is 508 g/mol. The number of benzene rings is 3. The molecule has 3 aromatic rings. The summed E-state index contributed by atoms with van der Waals surface area (Å²) in [6.07, 6.45) is 4.09. The average molecular weight is 509 g/mol. The second-order valence-corrected chi connectivity index (χ2v) is 9.22. The Hall–Kier alpha value is -4.72. The number of amides is 1. The van der Waals surface area contributed by atoms with E-state index >= 15 is 0 Å². The molecule has 0 saturated heterocycles. The smallest absolute Gasteiger partial charge is 0.310 e. The zero-order valence-corrected chi connectivity index (χ0v) is 21.1. The van der Waals surface area contributed by atoms with Gasteiger partial charge in [0.1, 0.15) is 30.6 Å². The summed E-state index contributed by atoms with van der Waals surface area (Å²) in [5.41, 5.74) is 3.43. The normalized spacial score (nSPS) is 11.8. The number of ether oxygens (including phenoxy) is 1. The fraction of sp³-hybridized carbons (Fsp3) is 0.200. The summed E-state index contributed by atoms with van der Waals surface area (Å²) in [4.78, 5) is 45.2. The van der Waals surface area contributed by atoms with E-state index in [4.69, 9.17) is 14.1 Å². The van der Waals surface area contributed by atoms with Crippen LogP contribution in [-0.4, -0.2) is 22.6 Å². The first kappa shape index (κ1) is 25.0. The van der Waals surface area contributed by atoms with Gasteiger partial charge in [-0.3, -0.25) is 9.59 Å². The van der Waals surface area contributed by atoms with E-state index in [1.54, 1.807) is 12.1 Å². The van der Waals surface area contributed by atoms with E-state index in [0.717, 1.165) is 21.9 Å². The minimum Gasteiger partial charge on any atom is -0.461 e. The molecule has 1 aliphatic carbocycles. The van der Waals surface area contributed by atoms with Gasteiger partial charge in [0, 0.05) is 47.4 Å². The van der Waals surface area contributed by atoms with Gasteiger partial charge in [-0.15, -0.1) is 0 Å². The molecule has 2 aromatic carbocycles. The van der Waals surface area contributed by atoms with E-state index in [1.165, 1.54) is 6.92 Å². The molecular weight excluding hydrogens is 482 g/mol. The van der Waals surface area contributed by atoms with Gasteiger partial charge in [0.15, 0.2) is 23.7 Å². The maximum Gasteiger partial charge on any atom is 0.310 e. The standard InChI is InChI=1S/C30H26N3O5/c1-19(34)7-10-28(35)31-25-17-27-30(23-6-4-3-5-22(23)25)32-24-9-8-21(15-26(24)38-27)16-29(36)37-18-20-11-13-33(2)14-12-20/h3-6,8-9,11-15,17H,7,10,16,18H2,1-2H3/q+1. The Labute approximate surface area is 218 Å². The number of fused-ring (bicyclic) bond motifs is 4. The third-order valence-electron chi connectivity index (χ3n) is 6.17. The van der Waals surface area contributed by atoms with Crippen molar-refractivity contribution in [1.82, 2.24) is 4.98 Å². The van der Waals surface area contributed by atoms with Crippen LogP contribution in [-0.2, 0) is 39.2 Å². The minimum absolute atomic E-state index is 0.0527. The molecule has 190 valence electrons. The molecule has 38 heavy (non-hydrogen) atoms. The number of hydrogen-bond acceptors (Lipinski definition) is 6. The highest BCUT2D eigenvalue weighted by molar-refractivity contribution is 5.97. The van der Waals surface area contributed by atoms with Crippen molar-refractivity contribution < 1.29 is 28.1 Å². The van der Waals surface area contributed by atoms with E-state index in [1.807, 2.05) is 72.5 Å². The largest absolute Gasteiger partial charge is 0.461 e. The summed E-state index contributed by atoms with van der Waals surface area (Å²) >= 11 is 0. The molecule has 2 heterocycles. The van der Waals surface area contributed by atoms with E-state index in [-0.39, 0.29) is 43.5 Å². The summed E-state index contributed by atoms with van der Waals surface area (Å²) in [6.45, 7) is 1.65. The van der Waals surface area contributed by atoms with Crippen molar-refractivity contribution in [3.63, 3.8) is 0 Å². The van der Waals surface area contributed by atoms with Gasteiger partial charge in [-0.25, -0.2) is 14.5 Å². The lowest BCUT2D eigenvalue weighted by Gasteiger charge is -2.11. The SMILES string of the molecule is CC(=O)CCC(=O)N=c1cc2oc3cc(CC(=O)OCc4cc[n+](C)cc4)ccc3nc-2c2ccccc12. The van der Waals surface area contributed by atoms with E-state index in [9.17, 15) is 14.4 Å². The van der Waals surface area contributed by atoms with Crippen molar-refractivity contribution in [2.75, 3.05) is 0 Å². The molecule has 2 aliphatic rings. The number of aromatic nitrogens is 2. The van der Waals surface area contributed by atoms with Crippen molar-refractivity contribution >= 4 is 39.5 Å². The maximum absolute atomic E-state index is 12.5. The molecule has 5 rings (SSSR count). The van der Waals surface area contributed by atoms with Crippen LogP contribution in [0, 0.1) is 0 Å². The van der Waals surface area contributed by atoms with Crippen molar-refractivity contribution in [2.24, 2.45) is 12.0 Å². The fourth-order valence-electron chi connectivity index (χ4n) is 4.17. The van der Waals surface area contributed by atoms with Crippen LogP contribution in [0.2, 0.25) is 0 Å². The number of pyridine rings is 1. The maximum atomic E-state index is 12.5. The van der Waals surface area contributed by atoms with Gasteiger partial charge in [0.05, 0.1) is 11.8 Å². The highest BCUT2D eigenvalue weighted by Gasteiger charge is 2.16. The molecule has 0 radical (unpaired) electrons. The van der Waals surface area contributed by atoms with Crippen molar-refractivity contribution in [3.8, 4) is 11.5 Å². The van der Waals surface area contributed by atoms with Crippen LogP contribution >= 0.6 is 0 Å². The summed E-state index contributed by atoms with van der Waals surface area (Å²) in [5, 5.41) is 2.03. The first-order valence-electron chi connectivity index (χ1n) is 12.3. The number of carbonyl (C=O) groups is 3. The number of ketones is 1. The second-order valence-electron chi connectivity index (χ2n) is 9.22. The first-order valence-corrected chi connectivity index (χ1v) is 12.3. The van der Waals surface area contributed by atoms with Crippen LogP contribution < -0.4 is 9.92 Å². The Bertz CT molecular complexity index is 1720. The molecule has 0 unspecified atom stereocenters. The molecule has 8 heteroatoms. The Morgan fingerprint density at radius 1 is 0.947 bits per heavy atom. The van der Waals surface area contributed by atoms with Gasteiger partial charge < -0.3 is 13.9 Å². The molecule has 1 amide bonds. The van der Waals surface area contributed by atoms with Gasteiger partial charge in [0.2, 0.25) is 5.91 Å². The lowest BCUT2D eigenvalue weighted by Crippen LogP contribution is -2.26. The van der Waals surface area contributed by atoms with Gasteiger partial charge in [-0.1, -0.05) is 30.3 Å². The van der Waals surface area contributed by atoms with Gasteiger partial charge in [0.25, 0.3) is 0 Å². The van der Waals surface area contributed by atoms with E-state index in [2.05, 4.69) is 4.99 Å². The van der Waals surface area contributed by atoms with Crippen LogP contribution in [0.25, 0.3) is 33.3 Å². The molecule has 0 bridgehead atoms. The Morgan fingerprint density at radius 2 is 1.71 bits per heavy atom. The highest BCUT2D eigenvalue weighted by atomic mass is 16.5. The molecular formula is C30H26N3O5+. The predicted octanol–water partition coefficient (Wildman–Crippen LogP) is 3.99. The Balaban J connectivity index is 1.45. The number of Topliss-reactive ketones (excluding diaryl/α,β-unsaturated/α-hetero) is 1. The molecule has 0 N–H and O–H groups in total. The first-order chi connectivity index (χ1) is 18.4. The summed E-state index contributed by atoms with van der Waals surface area (Å²) in [5.74, 6) is -0.311. The molecule has 8 nitrogen and oxygen atoms in total. The van der Waals surface area contributed by atoms with Gasteiger partial charge in [-0.05, 0) is 24.6 Å². The second kappa shape index (κ2) is 10.7. The molecule has 1 aromatic heterocycles. The molecule has 0 spiro atoms. The summed E-state index contributed by atoms with van der Waals surface area (Å²) < 4.78 is 13.5. The number of esters is 1. The Kier molecular flexibility index (Phi) is 7.04. The third-order valence-corrected chi connectivity index (χ3v) is 6.17. The number of rotatable bonds is 7. The summed E-state index contributed by atoms with van der Waals surface area (Å²) in [7, 11) is 1.92. The van der Waals surface area contributed by atoms with Crippen molar-refractivity contribution in [3.05, 3.63) is 89.5 Å². The van der Waals surface area contributed by atoms with Gasteiger partial charge >= 0.3 is 5.97 Å². The molecule has 1 aliphatic heterocycles. The van der Waals surface area contributed by atoms with Crippen molar-refractivity contribution in [1.29, 1.82) is 0 Å². The zero-order chi connectivity index (χ0) is 26.6. The van der Waals surface area contributed by atoms with Crippen LogP contribution in [0.5, 0.6) is 0 Å². The van der Waals surface area contributed by atoms with E-state index in [0.29, 0.717) is 27.9 Å². The average Bonchev–Trinajstić information content (AvgIpc) is 2.91. The van der Waals surface area contributed by atoms with E-state index < -0.39 is 0 Å². The molecule has 0 fully saturated rings. The van der Waals surface area contributed by atoms with Crippen LogP contribution in [0.3, 0.4) is 0 Å². The Morgan fingerprint density at radius 3 is 2.47 bits per heavy atom. The number of hydrogen-bond donors (Lipinski definition) is 0. The predicted molar refractivity (Wildman–Crippen MR) is 140 cm³/mol. The summed E-state index contributed by atoms with van der Waals surface area (Å²) in [6, 6.07) is 18.5. The molecule has 0 atom stereocenters. The topological polar surface area (TPSA) is 103 Å². The molecule has 0 saturated carbocycles. The number of carbonyl (C=O) groups excluding carboxylic acids is 3. The fourth-order valence-corrected chi connectivity index (χ4v) is 4.17. The van der Waals surface area contributed by atoms with Crippen LogP contribution in [0.4, 0.5) is 0 Å². The highest BCUT2D eigenvalue weighted by Crippen LogP contribution is 2.30. The zero-order valence-electron chi connectivity index (χ0n) is 21.1. The van der Waals surface area contributed by atoms with Gasteiger partial charge in [-0.2, -0.15) is 0 Å². The third kappa shape index (κ3) is 5.64. The lowest BCUT2D eigenvalue weighted by atomic mass is 10.0. The lowest BCUT2D eigenvalue weighted by molar-refractivity contribution is -0.671.